The number of aromatic nitrogens is 1. The number of hydrogen-bond acceptors (Lipinski definition) is 7. The second-order valence-electron chi connectivity index (χ2n) is 8.93. The Kier molecular flexibility index (Phi) is 6.86. The predicted octanol–water partition coefficient (Wildman–Crippen LogP) is 1.56. The van der Waals surface area contributed by atoms with E-state index >= 15 is 0 Å². The van der Waals surface area contributed by atoms with Crippen molar-refractivity contribution in [2.75, 3.05) is 17.2 Å². The lowest BCUT2D eigenvalue weighted by atomic mass is 10.1. The molecule has 5 N–H and O–H groups in total. The molecule has 15 heteroatoms. The van der Waals surface area contributed by atoms with Crippen molar-refractivity contribution in [2.45, 2.75) is 38.2 Å². The largest absolute Gasteiger partial charge is 0.618 e. The number of rotatable bonds is 8. The van der Waals surface area contributed by atoms with Crippen LogP contribution in [0.25, 0.3) is 0 Å². The van der Waals surface area contributed by atoms with E-state index in [-0.39, 0.29) is 35.3 Å². The van der Waals surface area contributed by atoms with E-state index in [0.717, 1.165) is 24.4 Å². The number of carbonyl (C=O) groups is 3. The molecule has 1 saturated heterocycles. The van der Waals surface area contributed by atoms with Gasteiger partial charge in [0.15, 0.2) is 17.3 Å². The molecule has 2 heterocycles. The van der Waals surface area contributed by atoms with Crippen molar-refractivity contribution in [3.8, 4) is 5.75 Å². The Morgan fingerprint density at radius 2 is 1.97 bits per heavy atom. The number of pyridine rings is 1. The molecule has 1 aliphatic carbocycles. The summed E-state index contributed by atoms with van der Waals surface area (Å²) in [7, 11) is 0. The van der Waals surface area contributed by atoms with Gasteiger partial charge in [-0.1, -0.05) is 6.07 Å². The molecule has 1 saturated carbocycles. The third-order valence-corrected chi connectivity index (χ3v) is 6.33. The SMILES string of the molecule is Cc1cc(C(=N)C(N)=O)c(NCC(=O)N2[C@@H]3C[C@@H]3C[C@H]2C(=O)Nc2cccc(OC(F)(F)F)c2F)c[n+]1[O-]. The molecule has 2 aliphatic rings. The lowest BCUT2D eigenvalue weighted by Crippen LogP contribution is -2.47. The molecule has 0 bridgehead atoms. The molecular formula is C23H22F4N6O5. The minimum atomic E-state index is -5.13. The van der Waals surface area contributed by atoms with Crippen molar-refractivity contribution < 1.29 is 41.4 Å². The first-order valence-electron chi connectivity index (χ1n) is 11.3. The number of alkyl halides is 3. The third kappa shape index (κ3) is 5.45. The number of primary amides is 1. The molecule has 202 valence electrons. The van der Waals surface area contributed by atoms with E-state index in [2.05, 4.69) is 15.4 Å². The van der Waals surface area contributed by atoms with Crippen LogP contribution in [0.4, 0.5) is 28.9 Å². The maximum absolute atomic E-state index is 14.5. The molecule has 0 spiro atoms. The highest BCUT2D eigenvalue weighted by Crippen LogP contribution is 2.48. The van der Waals surface area contributed by atoms with E-state index in [0.29, 0.717) is 11.2 Å². The number of nitrogens with one attached hydrogen (secondary N) is 3. The van der Waals surface area contributed by atoms with Gasteiger partial charge in [-0.05, 0) is 30.9 Å². The van der Waals surface area contributed by atoms with E-state index in [1.54, 1.807) is 0 Å². The van der Waals surface area contributed by atoms with Gasteiger partial charge in [-0.2, -0.15) is 4.73 Å². The maximum atomic E-state index is 14.5. The van der Waals surface area contributed by atoms with Gasteiger partial charge in [0.25, 0.3) is 5.91 Å². The highest BCUT2D eigenvalue weighted by atomic mass is 19.4. The number of nitrogens with zero attached hydrogens (tertiary/aromatic N) is 2. The Morgan fingerprint density at radius 1 is 1.26 bits per heavy atom. The van der Waals surface area contributed by atoms with Crippen LogP contribution in [0, 0.1) is 29.3 Å². The number of benzene rings is 1. The molecule has 0 unspecified atom stereocenters. The van der Waals surface area contributed by atoms with Crippen LogP contribution in [0.15, 0.2) is 30.5 Å². The highest BCUT2D eigenvalue weighted by molar-refractivity contribution is 6.44. The number of carbonyl (C=O) groups excluding carboxylic acids is 3. The summed E-state index contributed by atoms with van der Waals surface area (Å²) in [5, 5.41) is 24.8. The fourth-order valence-corrected chi connectivity index (χ4v) is 4.46. The van der Waals surface area contributed by atoms with Gasteiger partial charge < -0.3 is 31.2 Å². The number of nitrogens with two attached hydrogens (primary N) is 1. The van der Waals surface area contributed by atoms with Crippen molar-refractivity contribution >= 4 is 34.8 Å². The van der Waals surface area contributed by atoms with E-state index in [4.69, 9.17) is 11.1 Å². The summed E-state index contributed by atoms with van der Waals surface area (Å²) in [6, 6.07) is 2.88. The molecule has 3 amide bonds. The van der Waals surface area contributed by atoms with Crippen molar-refractivity contribution in [2.24, 2.45) is 11.7 Å². The Balaban J connectivity index is 1.48. The van der Waals surface area contributed by atoms with E-state index < -0.39 is 59.6 Å². The average molecular weight is 538 g/mol. The van der Waals surface area contributed by atoms with E-state index in [1.807, 2.05) is 0 Å². The topological polar surface area (TPSA) is 165 Å². The number of fused-ring (bicyclic) bond motifs is 1. The summed E-state index contributed by atoms with van der Waals surface area (Å²) >= 11 is 0. The summed E-state index contributed by atoms with van der Waals surface area (Å²) < 4.78 is 56.2. The number of likely N-dealkylation sites (tertiary alicyclic amines) is 1. The van der Waals surface area contributed by atoms with Crippen molar-refractivity contribution in [3.05, 3.63) is 52.7 Å². The first-order valence-corrected chi connectivity index (χ1v) is 11.3. The minimum absolute atomic E-state index is 0.00107. The van der Waals surface area contributed by atoms with Crippen LogP contribution < -0.4 is 25.8 Å². The average Bonchev–Trinajstić information content (AvgIpc) is 3.49. The lowest BCUT2D eigenvalue weighted by Gasteiger charge is -2.27. The zero-order valence-corrected chi connectivity index (χ0v) is 19.8. The molecule has 38 heavy (non-hydrogen) atoms. The van der Waals surface area contributed by atoms with Gasteiger partial charge in [0, 0.05) is 24.6 Å². The molecule has 1 aliphatic heterocycles. The number of anilines is 2. The zero-order chi connectivity index (χ0) is 27.9. The van der Waals surface area contributed by atoms with Gasteiger partial charge >= 0.3 is 6.36 Å². The molecular weight excluding hydrogens is 516 g/mol. The quantitative estimate of drug-likeness (QED) is 0.172. The Bertz CT molecular complexity index is 1330. The standard InChI is InChI=1S/C23H22F4N6O5/c1-10-5-12(20(28)21(29)35)14(9-32(10)37)30-8-18(34)33-15-6-11(15)7-16(33)22(36)31-13-3-2-4-17(19(13)24)38-23(25,26)27/h2-5,9,11,15-16,28,30H,6-8H2,1H3,(H2,29,35)(H,31,36)/t11-,15-,16+/m1/s1. The Morgan fingerprint density at radius 3 is 2.63 bits per heavy atom. The summed E-state index contributed by atoms with van der Waals surface area (Å²) in [6.07, 6.45) is -3.18. The third-order valence-electron chi connectivity index (χ3n) is 6.33. The van der Waals surface area contributed by atoms with E-state index in [1.165, 1.54) is 17.9 Å². The number of ether oxygens (including phenoxy) is 1. The smallest absolute Gasteiger partial charge is 0.573 e. The van der Waals surface area contributed by atoms with E-state index in [9.17, 15) is 37.2 Å². The minimum Gasteiger partial charge on any atom is -0.618 e. The number of hydrogen-bond donors (Lipinski definition) is 4. The monoisotopic (exact) mass is 538 g/mol. The van der Waals surface area contributed by atoms with Crippen LogP contribution >= 0.6 is 0 Å². The van der Waals surface area contributed by atoms with Crippen LogP contribution in [-0.2, 0) is 14.4 Å². The van der Waals surface area contributed by atoms with Crippen LogP contribution in [0.1, 0.15) is 24.1 Å². The van der Waals surface area contributed by atoms with Crippen molar-refractivity contribution in [1.82, 2.24) is 4.90 Å². The highest BCUT2D eigenvalue weighted by Gasteiger charge is 2.56. The first-order chi connectivity index (χ1) is 17.8. The normalized spacial score (nSPS) is 19.9. The maximum Gasteiger partial charge on any atom is 0.573 e. The second-order valence-corrected chi connectivity index (χ2v) is 8.93. The number of aryl methyl sites for hydroxylation is 1. The van der Waals surface area contributed by atoms with Gasteiger partial charge in [0.1, 0.15) is 17.4 Å². The summed E-state index contributed by atoms with van der Waals surface area (Å²) in [6.45, 7) is 1.03. The summed E-state index contributed by atoms with van der Waals surface area (Å²) in [4.78, 5) is 38.8. The van der Waals surface area contributed by atoms with Crippen LogP contribution in [0.2, 0.25) is 0 Å². The number of halogens is 4. The van der Waals surface area contributed by atoms with Crippen LogP contribution in [-0.4, -0.2) is 53.3 Å². The van der Waals surface area contributed by atoms with Crippen molar-refractivity contribution in [3.63, 3.8) is 0 Å². The first kappa shape index (κ1) is 26.6. The van der Waals surface area contributed by atoms with Gasteiger partial charge in [-0.3, -0.25) is 19.8 Å². The molecule has 1 aromatic carbocycles. The van der Waals surface area contributed by atoms with Gasteiger partial charge in [0.2, 0.25) is 18.0 Å². The molecule has 0 radical (unpaired) electrons. The van der Waals surface area contributed by atoms with Gasteiger partial charge in [0.05, 0.1) is 12.2 Å². The Labute approximate surface area is 212 Å². The van der Waals surface area contributed by atoms with Crippen LogP contribution in [0.5, 0.6) is 5.75 Å². The van der Waals surface area contributed by atoms with Crippen LogP contribution in [0.3, 0.4) is 0 Å². The molecule has 1 aromatic heterocycles. The second kappa shape index (κ2) is 9.79. The zero-order valence-electron chi connectivity index (χ0n) is 19.8. The predicted molar refractivity (Wildman–Crippen MR) is 124 cm³/mol. The van der Waals surface area contributed by atoms with Crippen molar-refractivity contribution in [1.29, 1.82) is 5.41 Å². The molecule has 2 aromatic rings. The molecule has 4 rings (SSSR count). The molecule has 3 atom stereocenters. The molecule has 2 fully saturated rings. The number of piperidine rings is 1. The Hall–Kier alpha value is -4.43. The fraction of sp³-hybridized carbons (Fsp3) is 0.348. The molecule has 11 nitrogen and oxygen atoms in total. The lowest BCUT2D eigenvalue weighted by molar-refractivity contribution is -0.611. The van der Waals surface area contributed by atoms with Gasteiger partial charge in [-0.15, -0.1) is 13.2 Å². The summed E-state index contributed by atoms with van der Waals surface area (Å²) in [5.41, 5.74) is 4.24. The van der Waals surface area contributed by atoms with Gasteiger partial charge in [-0.25, -0.2) is 4.39 Å². The number of amides is 3. The fourth-order valence-electron chi connectivity index (χ4n) is 4.46. The summed E-state index contributed by atoms with van der Waals surface area (Å²) in [5.74, 6) is -4.90.